The van der Waals surface area contributed by atoms with E-state index >= 15 is 0 Å². The number of piperidine rings is 1. The van der Waals surface area contributed by atoms with E-state index in [-0.39, 0.29) is 30.2 Å². The van der Waals surface area contributed by atoms with E-state index in [2.05, 4.69) is 4.90 Å². The zero-order valence-corrected chi connectivity index (χ0v) is 19.6. The van der Waals surface area contributed by atoms with E-state index in [1.165, 1.54) is 24.3 Å². The fourth-order valence-corrected chi connectivity index (χ4v) is 4.97. The Morgan fingerprint density at radius 2 is 1.58 bits per heavy atom. The Kier molecular flexibility index (Phi) is 6.72. The van der Waals surface area contributed by atoms with Gasteiger partial charge in [-0.25, -0.2) is 4.39 Å². The number of likely N-dealkylation sites (N-methyl/N-ethyl adjacent to an activating group) is 1. The average molecular weight is 461 g/mol. The third-order valence-electron chi connectivity index (χ3n) is 7.02. The number of hydrogen-bond donors (Lipinski definition) is 0. The van der Waals surface area contributed by atoms with Crippen LogP contribution in [-0.2, 0) is 14.3 Å². The lowest BCUT2D eigenvalue weighted by Gasteiger charge is -2.45. The van der Waals surface area contributed by atoms with Crippen molar-refractivity contribution in [2.75, 3.05) is 52.9 Å². The normalized spacial score (nSPS) is 23.4. The van der Waals surface area contributed by atoms with Crippen LogP contribution in [0.4, 0.5) is 4.39 Å². The van der Waals surface area contributed by atoms with Crippen molar-refractivity contribution in [1.82, 2.24) is 19.6 Å². The molecule has 4 rings (SSSR count). The molecule has 0 aliphatic carbocycles. The Balaban J connectivity index is 1.60. The van der Waals surface area contributed by atoms with Crippen molar-refractivity contribution >= 4 is 17.7 Å². The zero-order chi connectivity index (χ0) is 23.8. The minimum atomic E-state index is -0.952. The Hall–Kier alpha value is -2.52. The smallest absolute Gasteiger partial charge is 0.256 e. The molecular formula is C24H33FN4O4. The summed E-state index contributed by atoms with van der Waals surface area (Å²) in [4.78, 5) is 47.0. The number of benzene rings is 1. The lowest BCUT2D eigenvalue weighted by molar-refractivity contribution is -0.147. The van der Waals surface area contributed by atoms with Gasteiger partial charge in [-0.05, 0) is 31.3 Å². The Morgan fingerprint density at radius 1 is 0.970 bits per heavy atom. The van der Waals surface area contributed by atoms with Crippen LogP contribution < -0.4 is 0 Å². The molecule has 0 unspecified atom stereocenters. The second-order valence-electron chi connectivity index (χ2n) is 9.56. The summed E-state index contributed by atoms with van der Waals surface area (Å²) in [6, 6.07) is 4.64. The first-order valence-corrected chi connectivity index (χ1v) is 11.7. The minimum absolute atomic E-state index is 0.0734. The van der Waals surface area contributed by atoms with Crippen molar-refractivity contribution in [3.63, 3.8) is 0 Å². The molecule has 8 nitrogen and oxygen atoms in total. The molecule has 9 heteroatoms. The molecular weight excluding hydrogens is 427 g/mol. The van der Waals surface area contributed by atoms with Gasteiger partial charge in [-0.3, -0.25) is 19.3 Å². The summed E-state index contributed by atoms with van der Waals surface area (Å²) in [5.74, 6) is -0.916. The van der Waals surface area contributed by atoms with Gasteiger partial charge in [0.25, 0.3) is 5.91 Å². The largest absolute Gasteiger partial charge is 0.353 e. The highest BCUT2D eigenvalue weighted by Crippen LogP contribution is 2.39. The number of amides is 3. The van der Waals surface area contributed by atoms with Gasteiger partial charge in [-0.2, -0.15) is 0 Å². The molecule has 3 fully saturated rings. The van der Waals surface area contributed by atoms with Gasteiger partial charge in [-0.15, -0.1) is 0 Å². The van der Waals surface area contributed by atoms with Crippen LogP contribution in [0.2, 0.25) is 0 Å². The molecule has 33 heavy (non-hydrogen) atoms. The highest BCUT2D eigenvalue weighted by Gasteiger charge is 2.55. The first-order valence-electron chi connectivity index (χ1n) is 11.7. The molecule has 1 aromatic carbocycles. The summed E-state index contributed by atoms with van der Waals surface area (Å²) in [5.41, 5.74) is -0.635. The van der Waals surface area contributed by atoms with Crippen molar-refractivity contribution in [2.45, 2.75) is 38.5 Å². The highest BCUT2D eigenvalue weighted by molar-refractivity contribution is 5.98. The molecule has 3 aliphatic heterocycles. The van der Waals surface area contributed by atoms with Gasteiger partial charge in [-0.1, -0.05) is 13.8 Å². The Labute approximate surface area is 194 Å². The average Bonchev–Trinajstić information content (AvgIpc) is 3.17. The fraction of sp³-hybridized carbons (Fsp3) is 0.625. The number of ether oxygens (including phenoxy) is 1. The number of nitrogens with zero attached hydrogens (tertiary/aromatic N) is 4. The predicted molar refractivity (Wildman–Crippen MR) is 120 cm³/mol. The number of carbonyl (C=O) groups is 3. The molecule has 3 heterocycles. The third-order valence-corrected chi connectivity index (χ3v) is 7.02. The van der Waals surface area contributed by atoms with Crippen LogP contribution in [0.1, 0.15) is 37.0 Å². The van der Waals surface area contributed by atoms with Crippen LogP contribution in [0.15, 0.2) is 24.3 Å². The molecule has 180 valence electrons. The second kappa shape index (κ2) is 9.38. The maximum Gasteiger partial charge on any atom is 0.256 e. The molecule has 0 N–H and O–H groups in total. The summed E-state index contributed by atoms with van der Waals surface area (Å²) in [6.45, 7) is 7.55. The van der Waals surface area contributed by atoms with Crippen molar-refractivity contribution < 1.29 is 23.5 Å². The maximum atomic E-state index is 13.7. The summed E-state index contributed by atoms with van der Waals surface area (Å²) >= 11 is 0. The molecule has 0 bridgehead atoms. The van der Waals surface area contributed by atoms with E-state index in [1.807, 2.05) is 20.9 Å². The van der Waals surface area contributed by atoms with E-state index in [0.29, 0.717) is 44.6 Å². The van der Waals surface area contributed by atoms with Gasteiger partial charge in [0.2, 0.25) is 11.8 Å². The lowest BCUT2D eigenvalue weighted by Crippen LogP contribution is -2.61. The van der Waals surface area contributed by atoms with Crippen LogP contribution in [0.5, 0.6) is 0 Å². The van der Waals surface area contributed by atoms with Crippen LogP contribution in [0.25, 0.3) is 0 Å². The summed E-state index contributed by atoms with van der Waals surface area (Å²) < 4.78 is 19.7. The standard InChI is InChI=1S/C24H33FN4O4/c1-17(2)21(30)27-10-8-24(9-11-27)29(22(31)18-4-6-19(25)7-5-18)20(16-33-24)23(32)28-14-12-26(3)13-15-28/h4-7,17,20H,8-16H2,1-3H3/t20-/m1/s1. The van der Waals surface area contributed by atoms with Crippen LogP contribution >= 0.6 is 0 Å². The Morgan fingerprint density at radius 3 is 2.15 bits per heavy atom. The van der Waals surface area contributed by atoms with E-state index < -0.39 is 17.6 Å². The second-order valence-corrected chi connectivity index (χ2v) is 9.56. The number of halogens is 1. The Bertz CT molecular complexity index is 890. The third kappa shape index (κ3) is 4.61. The number of piperazine rings is 1. The molecule has 1 spiro atoms. The molecule has 0 radical (unpaired) electrons. The molecule has 3 amide bonds. The van der Waals surface area contributed by atoms with Gasteiger partial charge >= 0.3 is 0 Å². The number of hydrogen-bond acceptors (Lipinski definition) is 5. The molecule has 1 atom stereocenters. The van der Waals surface area contributed by atoms with E-state index in [1.54, 1.807) is 14.7 Å². The van der Waals surface area contributed by atoms with E-state index in [9.17, 15) is 18.8 Å². The monoisotopic (exact) mass is 460 g/mol. The zero-order valence-electron chi connectivity index (χ0n) is 19.6. The van der Waals surface area contributed by atoms with Gasteiger partial charge in [0.1, 0.15) is 17.6 Å². The number of rotatable bonds is 3. The van der Waals surface area contributed by atoms with Crippen molar-refractivity contribution in [2.24, 2.45) is 5.92 Å². The number of carbonyl (C=O) groups excluding carboxylic acids is 3. The van der Waals surface area contributed by atoms with E-state index in [0.717, 1.165) is 13.1 Å². The summed E-state index contributed by atoms with van der Waals surface area (Å²) in [7, 11) is 2.02. The topological polar surface area (TPSA) is 73.4 Å². The summed E-state index contributed by atoms with van der Waals surface area (Å²) in [5, 5.41) is 0. The maximum absolute atomic E-state index is 13.7. The lowest BCUT2D eigenvalue weighted by atomic mass is 9.95. The van der Waals surface area contributed by atoms with Crippen molar-refractivity contribution in [1.29, 1.82) is 0 Å². The molecule has 3 saturated heterocycles. The fourth-order valence-electron chi connectivity index (χ4n) is 4.97. The van der Waals surface area contributed by atoms with Gasteiger partial charge < -0.3 is 19.4 Å². The minimum Gasteiger partial charge on any atom is -0.353 e. The van der Waals surface area contributed by atoms with Gasteiger partial charge in [0.05, 0.1) is 6.61 Å². The highest BCUT2D eigenvalue weighted by atomic mass is 19.1. The SMILES string of the molecule is CC(C)C(=O)N1CCC2(CC1)OC[C@H](C(=O)N1CCN(C)CC1)N2C(=O)c1ccc(F)cc1. The van der Waals surface area contributed by atoms with Crippen molar-refractivity contribution in [3.05, 3.63) is 35.6 Å². The predicted octanol–water partition coefficient (Wildman–Crippen LogP) is 1.42. The van der Waals surface area contributed by atoms with E-state index in [4.69, 9.17) is 4.74 Å². The van der Waals surface area contributed by atoms with Crippen molar-refractivity contribution in [3.8, 4) is 0 Å². The van der Waals surface area contributed by atoms with Gasteiger partial charge in [0.15, 0.2) is 0 Å². The van der Waals surface area contributed by atoms with Crippen LogP contribution in [0, 0.1) is 11.7 Å². The number of likely N-dealkylation sites (tertiary alicyclic amines) is 1. The molecule has 3 aliphatic rings. The molecule has 0 aromatic heterocycles. The quantitative estimate of drug-likeness (QED) is 0.682. The molecule has 1 aromatic rings. The van der Waals surface area contributed by atoms with Gasteiger partial charge in [0, 0.05) is 63.6 Å². The first kappa shape index (κ1) is 23.6. The first-order chi connectivity index (χ1) is 15.7. The van der Waals surface area contributed by atoms with Crippen LogP contribution in [0.3, 0.4) is 0 Å². The summed E-state index contributed by atoms with van der Waals surface area (Å²) in [6.07, 6.45) is 0.871. The molecule has 0 saturated carbocycles. The van der Waals surface area contributed by atoms with Crippen LogP contribution in [-0.4, -0.2) is 102 Å².